The molecule has 1 heterocycles. The molecule has 0 spiro atoms. The largest absolute Gasteiger partial charge is 0.454 e. The van der Waals surface area contributed by atoms with E-state index in [9.17, 15) is 35.1 Å². The number of aliphatic hydroxyl groups excluding tert-OH is 5. The summed E-state index contributed by atoms with van der Waals surface area (Å²) in [4.78, 5) is 26.4. The van der Waals surface area contributed by atoms with E-state index in [0.717, 1.165) is 89.9 Å². The number of hydrogen-bond acceptors (Lipinski definition) is 10. The summed E-state index contributed by atoms with van der Waals surface area (Å²) in [6.07, 6.45) is 49.5. The van der Waals surface area contributed by atoms with Crippen molar-refractivity contribution in [2.24, 2.45) is 0 Å². The molecule has 6 N–H and O–H groups in total. The summed E-state index contributed by atoms with van der Waals surface area (Å²) in [5.41, 5.74) is 0. The van der Waals surface area contributed by atoms with Crippen LogP contribution in [0.15, 0.2) is 72.9 Å². The van der Waals surface area contributed by atoms with Crippen LogP contribution in [0.3, 0.4) is 0 Å². The van der Waals surface area contributed by atoms with E-state index < -0.39 is 67.4 Å². The Kier molecular flexibility index (Phi) is 44.8. The number of aliphatic hydroxyl groups is 5. The van der Waals surface area contributed by atoms with Crippen LogP contribution in [0, 0.1) is 0 Å². The third kappa shape index (κ3) is 36.6. The molecule has 1 fully saturated rings. The smallest absolute Gasteiger partial charge is 0.306 e. The van der Waals surface area contributed by atoms with Crippen molar-refractivity contribution in [3.8, 4) is 0 Å². The Morgan fingerprint density at radius 3 is 1.49 bits per heavy atom. The van der Waals surface area contributed by atoms with E-state index in [-0.39, 0.29) is 19.4 Å². The molecule has 71 heavy (non-hydrogen) atoms. The first-order valence-corrected chi connectivity index (χ1v) is 28.7. The third-order valence-corrected chi connectivity index (χ3v) is 13.1. The molecule has 410 valence electrons. The monoisotopic (exact) mass is 1000 g/mol. The van der Waals surface area contributed by atoms with Crippen LogP contribution < -0.4 is 5.32 Å². The Bertz CT molecular complexity index is 1430. The van der Waals surface area contributed by atoms with E-state index in [1.54, 1.807) is 6.08 Å². The molecule has 0 saturated carbocycles. The molecule has 11 heteroatoms. The summed E-state index contributed by atoms with van der Waals surface area (Å²) in [5, 5.41) is 56.7. The molecule has 0 radical (unpaired) electrons. The molecule has 11 nitrogen and oxygen atoms in total. The number of carbonyl (C=O) groups is 2. The number of amides is 1. The fourth-order valence-electron chi connectivity index (χ4n) is 8.45. The van der Waals surface area contributed by atoms with E-state index in [4.69, 9.17) is 14.2 Å². The van der Waals surface area contributed by atoms with E-state index in [0.29, 0.717) is 12.8 Å². The number of allylic oxidation sites excluding steroid dienone is 11. The minimum Gasteiger partial charge on any atom is -0.454 e. The summed E-state index contributed by atoms with van der Waals surface area (Å²) >= 11 is 0. The lowest BCUT2D eigenvalue weighted by Gasteiger charge is -2.41. The first-order chi connectivity index (χ1) is 34.7. The van der Waals surface area contributed by atoms with Crippen molar-refractivity contribution in [2.45, 2.75) is 282 Å². The zero-order valence-corrected chi connectivity index (χ0v) is 45.1. The number of unbranched alkanes of at least 4 members (excludes halogenated alkanes) is 23. The summed E-state index contributed by atoms with van der Waals surface area (Å²) in [6.45, 7) is 5.69. The fourth-order valence-corrected chi connectivity index (χ4v) is 8.45. The van der Waals surface area contributed by atoms with Crippen LogP contribution in [0.1, 0.15) is 233 Å². The lowest BCUT2D eigenvalue weighted by atomic mass is 9.99. The predicted molar refractivity (Wildman–Crippen MR) is 292 cm³/mol. The molecule has 1 amide bonds. The van der Waals surface area contributed by atoms with Gasteiger partial charge in [-0.05, 0) is 96.3 Å². The normalized spacial score (nSPS) is 20.1. The Morgan fingerprint density at radius 1 is 0.549 bits per heavy atom. The summed E-state index contributed by atoms with van der Waals surface area (Å²) in [7, 11) is 0. The van der Waals surface area contributed by atoms with Crippen molar-refractivity contribution in [1.29, 1.82) is 0 Å². The van der Waals surface area contributed by atoms with Crippen LogP contribution in [0.5, 0.6) is 0 Å². The highest BCUT2D eigenvalue weighted by atomic mass is 16.7. The molecule has 0 aromatic rings. The maximum atomic E-state index is 13.4. The van der Waals surface area contributed by atoms with Gasteiger partial charge < -0.3 is 45.1 Å². The van der Waals surface area contributed by atoms with Crippen molar-refractivity contribution in [3.05, 3.63) is 72.9 Å². The molecule has 0 aromatic carbocycles. The summed E-state index contributed by atoms with van der Waals surface area (Å²) < 4.78 is 17.5. The molecule has 0 bridgehead atoms. The number of nitrogens with one attached hydrogen (secondary N) is 1. The quantitative estimate of drug-likeness (QED) is 0.0196. The van der Waals surface area contributed by atoms with Gasteiger partial charge in [0.1, 0.15) is 24.4 Å². The van der Waals surface area contributed by atoms with E-state index >= 15 is 0 Å². The highest BCUT2D eigenvalue weighted by molar-refractivity contribution is 5.80. The van der Waals surface area contributed by atoms with Gasteiger partial charge in [0.05, 0.1) is 25.4 Å². The van der Waals surface area contributed by atoms with Crippen molar-refractivity contribution in [3.63, 3.8) is 0 Å². The number of hydrogen-bond donors (Lipinski definition) is 6. The van der Waals surface area contributed by atoms with Gasteiger partial charge in [-0.3, -0.25) is 9.59 Å². The van der Waals surface area contributed by atoms with Crippen LogP contribution >= 0.6 is 0 Å². The second kappa shape index (κ2) is 48.1. The SMILES string of the molecule is CCCCC/C=C\C/C=C\C/C=C\C/C=C\CCCCC(O)C(=O)NC(COC1OC(CO)C(O)C(O)C1OC(=O)CCCCC/C=C\CCCCCCCC)C(O)/C=C/CCCCCCCCCCC. The average molecular weight is 1000 g/mol. The van der Waals surface area contributed by atoms with Crippen molar-refractivity contribution >= 4 is 11.9 Å². The van der Waals surface area contributed by atoms with Gasteiger partial charge in [-0.1, -0.05) is 203 Å². The number of esters is 1. The van der Waals surface area contributed by atoms with Gasteiger partial charge >= 0.3 is 5.97 Å². The molecule has 8 atom stereocenters. The van der Waals surface area contributed by atoms with E-state index in [1.165, 1.54) is 96.3 Å². The second-order valence-electron chi connectivity index (χ2n) is 19.7. The molecular weight excluding hydrogens is 895 g/mol. The summed E-state index contributed by atoms with van der Waals surface area (Å²) in [5.74, 6) is -1.25. The van der Waals surface area contributed by atoms with Crippen molar-refractivity contribution in [2.75, 3.05) is 13.2 Å². The Labute approximate surface area is 432 Å². The third-order valence-electron chi connectivity index (χ3n) is 13.1. The highest BCUT2D eigenvalue weighted by Crippen LogP contribution is 2.26. The fraction of sp³-hybridized carbons (Fsp3) is 0.767. The lowest BCUT2D eigenvalue weighted by molar-refractivity contribution is -0.305. The Hall–Kier alpha value is -2.90. The first-order valence-electron chi connectivity index (χ1n) is 28.7. The first kappa shape index (κ1) is 66.1. The van der Waals surface area contributed by atoms with Crippen LogP contribution in [-0.4, -0.2) is 99.6 Å². The lowest BCUT2D eigenvalue weighted by Crippen LogP contribution is -2.61. The van der Waals surface area contributed by atoms with Gasteiger partial charge in [-0.2, -0.15) is 0 Å². The molecule has 1 rings (SSSR count). The minimum atomic E-state index is -1.63. The molecule has 8 unspecified atom stereocenters. The second-order valence-corrected chi connectivity index (χ2v) is 19.7. The van der Waals surface area contributed by atoms with Crippen LogP contribution in [0.2, 0.25) is 0 Å². The minimum absolute atomic E-state index is 0.0968. The van der Waals surface area contributed by atoms with Gasteiger partial charge in [-0.15, -0.1) is 0 Å². The molecule has 1 aliphatic heterocycles. The standard InChI is InChI=1S/C60H105NO10/c1-4-7-10-13-16-19-22-24-25-26-27-28-30-32-35-38-41-44-47-53(64)59(68)61-51(52(63)46-43-40-37-34-31-21-18-15-12-9-6-3)50-69-60-58(57(67)56(66)54(49-62)70-60)71-55(65)48-45-42-39-36-33-29-23-20-17-14-11-8-5-2/h16,19,24-25,27-29,32-33,35,43,46,51-54,56-58,60,62-64,66-67H,4-15,17-18,20-23,26,30-31,34,36-42,44-45,47-50H2,1-3H3,(H,61,68)/b19-16-,25-24-,28-27-,33-29-,35-32-,46-43+. The van der Waals surface area contributed by atoms with Crippen molar-refractivity contribution in [1.82, 2.24) is 5.32 Å². The van der Waals surface area contributed by atoms with Crippen molar-refractivity contribution < 1.29 is 49.3 Å². The molecule has 0 aliphatic carbocycles. The van der Waals surface area contributed by atoms with Gasteiger partial charge in [-0.25, -0.2) is 0 Å². The maximum absolute atomic E-state index is 13.4. The van der Waals surface area contributed by atoms with E-state index in [1.807, 2.05) is 6.08 Å². The number of rotatable bonds is 47. The molecule has 1 saturated heterocycles. The van der Waals surface area contributed by atoms with Gasteiger partial charge in [0.15, 0.2) is 12.4 Å². The van der Waals surface area contributed by atoms with Gasteiger partial charge in [0.2, 0.25) is 5.91 Å². The van der Waals surface area contributed by atoms with Gasteiger partial charge in [0.25, 0.3) is 0 Å². The average Bonchev–Trinajstić information content (AvgIpc) is 3.37. The zero-order chi connectivity index (χ0) is 51.8. The number of carbonyl (C=O) groups excluding carboxylic acids is 2. The van der Waals surface area contributed by atoms with Crippen LogP contribution in [0.25, 0.3) is 0 Å². The molecular formula is C60H105NO10. The topological polar surface area (TPSA) is 175 Å². The maximum Gasteiger partial charge on any atom is 0.306 e. The zero-order valence-electron chi connectivity index (χ0n) is 45.1. The highest BCUT2D eigenvalue weighted by Gasteiger charge is 2.47. The summed E-state index contributed by atoms with van der Waals surface area (Å²) in [6, 6.07) is -1.04. The Balaban J connectivity index is 2.76. The van der Waals surface area contributed by atoms with E-state index in [2.05, 4.69) is 86.8 Å². The van der Waals surface area contributed by atoms with Crippen LogP contribution in [-0.2, 0) is 23.8 Å². The molecule has 1 aliphatic rings. The van der Waals surface area contributed by atoms with Gasteiger partial charge in [0, 0.05) is 6.42 Å². The van der Waals surface area contributed by atoms with Crippen LogP contribution in [0.4, 0.5) is 0 Å². The molecule has 0 aromatic heterocycles. The number of ether oxygens (including phenoxy) is 3. The predicted octanol–water partition coefficient (Wildman–Crippen LogP) is 12.8. The Morgan fingerprint density at radius 2 is 0.972 bits per heavy atom.